The monoisotopic (exact) mass is 1520 g/mol. The molecule has 0 aromatic rings. The Labute approximate surface area is 651 Å². The van der Waals surface area contributed by atoms with Crippen molar-refractivity contribution in [2.75, 3.05) is 26.4 Å². The Morgan fingerprint density at radius 1 is 0.343 bits per heavy atom. The molecule has 3 aliphatic heterocycles. The Hall–Kier alpha value is -4.07. The maximum atomic E-state index is 13.5. The Balaban J connectivity index is 1.39. The molecule has 12 N–H and O–H groups in total. The Morgan fingerprint density at radius 3 is 1.04 bits per heavy atom. The minimum absolute atomic E-state index is 0.213. The summed E-state index contributed by atoms with van der Waals surface area (Å²) in [6.07, 6.45) is 70.1. The highest BCUT2D eigenvalue weighted by Gasteiger charge is 2.54. The molecule has 0 saturated carbocycles. The van der Waals surface area contributed by atoms with E-state index >= 15 is 0 Å². The molecular weight excluding hydrogens is 1370 g/mol. The van der Waals surface area contributed by atoms with Crippen molar-refractivity contribution in [1.82, 2.24) is 5.32 Å². The average molecular weight is 1520 g/mol. The summed E-state index contributed by atoms with van der Waals surface area (Å²) in [5.41, 5.74) is 0. The van der Waals surface area contributed by atoms with Gasteiger partial charge in [-0.3, -0.25) is 4.79 Å². The van der Waals surface area contributed by atoms with Gasteiger partial charge in [0.25, 0.3) is 0 Å². The first-order valence-electron chi connectivity index (χ1n) is 42.4. The first kappa shape index (κ1) is 98.1. The number of unbranched alkanes of at least 4 members (excludes halogenated alkanes) is 30. The van der Waals surface area contributed by atoms with Crippen LogP contribution in [-0.2, 0) is 33.2 Å². The maximum absolute atomic E-state index is 13.5. The average Bonchev–Trinajstić information content (AvgIpc) is 0.779. The van der Waals surface area contributed by atoms with E-state index in [-0.39, 0.29) is 18.9 Å². The third-order valence-electron chi connectivity index (χ3n) is 20.2. The standard InChI is InChI=1S/C89H151NO18/c1-3-5-7-9-11-13-15-17-19-21-23-25-27-29-31-33-35-36-37-39-41-43-45-47-49-51-53-55-57-59-61-63-65-67-77(95)90-72(73(94)66-64-62-60-58-56-54-52-50-48-46-44-42-40-38-34-32-30-28-26-24-22-20-18-16-14-12-10-8-6-4-2)71-103-87-83(101)80(98)85(75(69-92)105-87)108-89-84(102)81(99)86(76(70-93)106-89)107-88-82(100)79(97)78(96)74(68-91)104-88/h5,7,11,13,17,19,23,25,29,31,35-36,39,41,45,47-48,50,56,58,64,66,72-76,78-89,91-94,96-102H,3-4,6,8-10,12,14-16,18,20-22,24,26-28,30,32-34,37-38,40,42-44,46,49,51-55,57,59-63,65,67-71H2,1-2H3,(H,90,95)/b7-5-,13-11-,19-17-,25-23-,31-29-,36-35-,41-39-,47-45-,50-48+,58-56+,66-64+. The highest BCUT2D eigenvalue weighted by Crippen LogP contribution is 2.33. The van der Waals surface area contributed by atoms with Crippen molar-refractivity contribution in [2.24, 2.45) is 0 Å². The summed E-state index contributed by atoms with van der Waals surface area (Å²) >= 11 is 0. The highest BCUT2D eigenvalue weighted by atomic mass is 16.8. The third kappa shape index (κ3) is 46.2. The van der Waals surface area contributed by atoms with Crippen LogP contribution in [0.4, 0.5) is 0 Å². The summed E-state index contributed by atoms with van der Waals surface area (Å²) < 4.78 is 34.4. The molecule has 3 saturated heterocycles. The normalized spacial score (nSPS) is 26.1. The van der Waals surface area contributed by atoms with E-state index in [0.717, 1.165) is 122 Å². The molecule has 17 atom stereocenters. The quantitative estimate of drug-likeness (QED) is 0.0199. The Bertz CT molecular complexity index is 2470. The molecule has 0 aromatic carbocycles. The van der Waals surface area contributed by atoms with Crippen LogP contribution in [0, 0.1) is 0 Å². The van der Waals surface area contributed by atoms with E-state index in [9.17, 15) is 61.0 Å². The summed E-state index contributed by atoms with van der Waals surface area (Å²) in [4.78, 5) is 13.5. The first-order valence-corrected chi connectivity index (χ1v) is 42.4. The molecule has 0 aromatic heterocycles. The van der Waals surface area contributed by atoms with Crippen LogP contribution in [0.15, 0.2) is 134 Å². The Kier molecular flexibility index (Phi) is 61.3. The number of hydrogen-bond donors (Lipinski definition) is 12. The maximum Gasteiger partial charge on any atom is 0.220 e. The van der Waals surface area contributed by atoms with Crippen molar-refractivity contribution >= 4 is 5.91 Å². The number of rotatable bonds is 66. The summed E-state index contributed by atoms with van der Waals surface area (Å²) in [6, 6.07) is -1.01. The number of amides is 1. The fourth-order valence-electron chi connectivity index (χ4n) is 13.4. The van der Waals surface area contributed by atoms with Gasteiger partial charge in [-0.25, -0.2) is 0 Å². The molecule has 0 spiro atoms. The van der Waals surface area contributed by atoms with E-state index in [1.807, 2.05) is 6.08 Å². The number of allylic oxidation sites excluding steroid dienone is 21. The predicted octanol–water partition coefficient (Wildman–Crippen LogP) is 15.2. The van der Waals surface area contributed by atoms with Crippen LogP contribution >= 0.6 is 0 Å². The van der Waals surface area contributed by atoms with E-state index in [1.165, 1.54) is 135 Å². The summed E-state index contributed by atoms with van der Waals surface area (Å²) in [6.45, 7) is 1.60. The van der Waals surface area contributed by atoms with Gasteiger partial charge in [0.05, 0.1) is 38.6 Å². The van der Waals surface area contributed by atoms with Gasteiger partial charge in [-0.2, -0.15) is 0 Å². The second kappa shape index (κ2) is 67.4. The lowest BCUT2D eigenvalue weighted by Crippen LogP contribution is -2.66. The molecule has 0 aliphatic carbocycles. The van der Waals surface area contributed by atoms with Crippen LogP contribution in [0.25, 0.3) is 0 Å². The molecule has 17 unspecified atom stereocenters. The number of carbonyl (C=O) groups excluding carboxylic acids is 1. The molecule has 0 bridgehead atoms. The number of hydrogen-bond acceptors (Lipinski definition) is 18. The SMILES string of the molecule is CC/C=C\C/C=C\C/C=C\C/C=C\C/C=C\C/C=C\C/C=C\C/C=C\CCCCCCCCCCC(=O)NC(COC1OC(CO)C(OC2OC(CO)C(OC3OC(CO)C(O)C(O)C3O)C(O)C2O)C(O)C1O)C(O)/C=C/CC/C=C/CC/C=C/CCCCCCCCCCCCCCCCCCCCCC. The molecule has 19 nitrogen and oxygen atoms in total. The largest absolute Gasteiger partial charge is 0.394 e. The van der Waals surface area contributed by atoms with Gasteiger partial charge in [0.2, 0.25) is 5.91 Å². The lowest BCUT2D eigenvalue weighted by Gasteiger charge is -2.48. The van der Waals surface area contributed by atoms with Gasteiger partial charge >= 0.3 is 0 Å². The van der Waals surface area contributed by atoms with Crippen molar-refractivity contribution in [3.05, 3.63) is 134 Å². The number of carbonyl (C=O) groups is 1. The van der Waals surface area contributed by atoms with E-state index in [4.69, 9.17) is 28.4 Å². The highest BCUT2D eigenvalue weighted by molar-refractivity contribution is 5.76. The molecule has 1 amide bonds. The molecule has 620 valence electrons. The summed E-state index contributed by atoms with van der Waals surface area (Å²) in [5.74, 6) is -0.302. The van der Waals surface area contributed by atoms with Gasteiger partial charge in [0.1, 0.15) is 73.2 Å². The first-order chi connectivity index (χ1) is 52.8. The zero-order valence-electron chi connectivity index (χ0n) is 66.5. The minimum atomic E-state index is -1.99. The fourth-order valence-corrected chi connectivity index (χ4v) is 13.4. The van der Waals surface area contributed by atoms with Gasteiger partial charge < -0.3 is 89.9 Å². The second-order valence-electron chi connectivity index (χ2n) is 29.5. The zero-order valence-corrected chi connectivity index (χ0v) is 66.5. The van der Waals surface area contributed by atoms with Crippen LogP contribution in [0.2, 0.25) is 0 Å². The van der Waals surface area contributed by atoms with Crippen molar-refractivity contribution in [2.45, 2.75) is 394 Å². The third-order valence-corrected chi connectivity index (χ3v) is 20.2. The summed E-state index contributed by atoms with van der Waals surface area (Å²) in [7, 11) is 0. The Morgan fingerprint density at radius 2 is 0.648 bits per heavy atom. The van der Waals surface area contributed by atoms with Gasteiger partial charge in [-0.05, 0) is 109 Å². The number of ether oxygens (including phenoxy) is 6. The van der Waals surface area contributed by atoms with Crippen LogP contribution in [0.1, 0.15) is 290 Å². The van der Waals surface area contributed by atoms with Gasteiger partial charge in [0.15, 0.2) is 18.9 Å². The second-order valence-corrected chi connectivity index (χ2v) is 29.5. The molecule has 3 fully saturated rings. The van der Waals surface area contributed by atoms with E-state index < -0.39 is 124 Å². The lowest BCUT2D eigenvalue weighted by atomic mass is 9.96. The van der Waals surface area contributed by atoms with Gasteiger partial charge in [0, 0.05) is 6.42 Å². The number of nitrogens with one attached hydrogen (secondary N) is 1. The fraction of sp³-hybridized carbons (Fsp3) is 0.742. The molecule has 3 heterocycles. The van der Waals surface area contributed by atoms with E-state index in [1.54, 1.807) is 6.08 Å². The van der Waals surface area contributed by atoms with Crippen LogP contribution in [0.5, 0.6) is 0 Å². The predicted molar refractivity (Wildman–Crippen MR) is 433 cm³/mol. The number of aliphatic hydroxyl groups is 11. The topological polar surface area (TPSA) is 307 Å². The van der Waals surface area contributed by atoms with Crippen LogP contribution in [-0.4, -0.2) is 193 Å². The van der Waals surface area contributed by atoms with Crippen molar-refractivity contribution < 1.29 is 89.4 Å². The smallest absolute Gasteiger partial charge is 0.220 e. The lowest BCUT2D eigenvalue weighted by molar-refractivity contribution is -0.379. The van der Waals surface area contributed by atoms with Crippen molar-refractivity contribution in [3.63, 3.8) is 0 Å². The molecule has 3 rings (SSSR count). The van der Waals surface area contributed by atoms with Crippen molar-refractivity contribution in [1.29, 1.82) is 0 Å². The zero-order chi connectivity index (χ0) is 78.1. The van der Waals surface area contributed by atoms with Gasteiger partial charge in [-0.1, -0.05) is 308 Å². The molecule has 19 heteroatoms. The van der Waals surface area contributed by atoms with Crippen LogP contribution in [0.3, 0.4) is 0 Å². The van der Waals surface area contributed by atoms with Crippen LogP contribution < -0.4 is 5.32 Å². The minimum Gasteiger partial charge on any atom is -0.394 e. The number of aliphatic hydroxyl groups excluding tert-OH is 11. The van der Waals surface area contributed by atoms with Crippen molar-refractivity contribution in [3.8, 4) is 0 Å². The molecule has 0 radical (unpaired) electrons. The van der Waals surface area contributed by atoms with E-state index in [2.05, 4.69) is 141 Å². The molecule has 108 heavy (non-hydrogen) atoms. The molecule has 3 aliphatic rings. The molecular formula is C89H151NO18. The van der Waals surface area contributed by atoms with Gasteiger partial charge in [-0.15, -0.1) is 0 Å². The van der Waals surface area contributed by atoms with E-state index in [0.29, 0.717) is 12.8 Å². The summed E-state index contributed by atoms with van der Waals surface area (Å²) in [5, 5.41) is 121.